The Morgan fingerprint density at radius 1 is 0.943 bits per heavy atom. The van der Waals surface area contributed by atoms with E-state index in [9.17, 15) is 18.0 Å². The van der Waals surface area contributed by atoms with Crippen molar-refractivity contribution in [3.05, 3.63) is 54.6 Å². The van der Waals surface area contributed by atoms with Crippen molar-refractivity contribution in [3.8, 4) is 11.5 Å². The fraction of sp³-hybridized carbons (Fsp3) is 0.440. The number of hydrogen-bond donors (Lipinski definition) is 0. The Kier molecular flexibility index (Phi) is 6.66. The third kappa shape index (κ3) is 5.28. The number of carbonyl (C=O) groups is 2. The summed E-state index contributed by atoms with van der Waals surface area (Å²) in [7, 11) is -3.14. The molecule has 0 bridgehead atoms. The highest BCUT2D eigenvalue weighted by molar-refractivity contribution is 7.91. The average molecular weight is 500 g/mol. The number of carbonyl (C=O) groups excluding carboxylic acids is 2. The summed E-state index contributed by atoms with van der Waals surface area (Å²) in [5, 5.41) is 0. The lowest BCUT2D eigenvalue weighted by Crippen LogP contribution is -2.56. The van der Waals surface area contributed by atoms with Gasteiger partial charge in [0.25, 0.3) is 5.91 Å². The number of piperazine rings is 1. The summed E-state index contributed by atoms with van der Waals surface area (Å²) in [6.07, 6.45) is -0.242. The van der Waals surface area contributed by atoms with Crippen LogP contribution in [0, 0.1) is 0 Å². The first-order chi connectivity index (χ1) is 16.9. The minimum Gasteiger partial charge on any atom is -0.485 e. The largest absolute Gasteiger partial charge is 0.485 e. The van der Waals surface area contributed by atoms with Crippen molar-refractivity contribution in [1.29, 1.82) is 0 Å². The Bertz CT molecular complexity index is 1180. The van der Waals surface area contributed by atoms with Crippen LogP contribution in [0.2, 0.25) is 0 Å². The summed E-state index contributed by atoms with van der Waals surface area (Å²) in [6.45, 7) is 2.41. The maximum atomic E-state index is 13.4. The van der Waals surface area contributed by atoms with E-state index in [1.807, 2.05) is 53.4 Å². The molecule has 0 spiro atoms. The number of nitrogens with zero attached hydrogens (tertiary/aromatic N) is 3. The maximum absolute atomic E-state index is 13.4. The van der Waals surface area contributed by atoms with Crippen LogP contribution < -0.4 is 14.4 Å². The molecule has 2 amide bonds. The lowest BCUT2D eigenvalue weighted by Gasteiger charge is -2.38. The third-order valence-corrected chi connectivity index (χ3v) is 8.45. The Morgan fingerprint density at radius 2 is 1.63 bits per heavy atom. The molecule has 3 aliphatic rings. The highest BCUT2D eigenvalue weighted by Gasteiger charge is 2.37. The van der Waals surface area contributed by atoms with Gasteiger partial charge in [0, 0.05) is 31.9 Å². The summed E-state index contributed by atoms with van der Waals surface area (Å²) in [5.74, 6) is 1.05. The predicted molar refractivity (Wildman–Crippen MR) is 130 cm³/mol. The SMILES string of the molecule is O=C(C1COc2ccccc2O1)N1CCN(CC(=O)N(c2ccccc2)C2CCS(=O)(=O)C2)CC1. The molecule has 5 rings (SSSR count). The van der Waals surface area contributed by atoms with E-state index in [0.717, 1.165) is 0 Å². The normalized spacial score (nSPS) is 23.6. The molecule has 0 aliphatic carbocycles. The minimum atomic E-state index is -3.14. The number of benzene rings is 2. The van der Waals surface area contributed by atoms with E-state index < -0.39 is 15.9 Å². The molecule has 10 heteroatoms. The molecule has 0 radical (unpaired) electrons. The van der Waals surface area contributed by atoms with Gasteiger partial charge in [-0.25, -0.2) is 8.42 Å². The fourth-order valence-corrected chi connectivity index (χ4v) is 6.56. The second-order valence-electron chi connectivity index (χ2n) is 9.12. The Labute approximate surface area is 205 Å². The summed E-state index contributed by atoms with van der Waals surface area (Å²) < 4.78 is 35.7. The second-order valence-corrected chi connectivity index (χ2v) is 11.4. The zero-order valence-corrected chi connectivity index (χ0v) is 20.2. The van der Waals surface area contributed by atoms with E-state index in [2.05, 4.69) is 0 Å². The number of fused-ring (bicyclic) bond motifs is 1. The lowest BCUT2D eigenvalue weighted by atomic mass is 10.1. The molecule has 0 aromatic heterocycles. The molecule has 2 atom stereocenters. The molecule has 2 saturated heterocycles. The Morgan fingerprint density at radius 3 is 2.31 bits per heavy atom. The molecule has 9 nitrogen and oxygen atoms in total. The molecule has 2 aromatic carbocycles. The monoisotopic (exact) mass is 499 g/mol. The standard InChI is InChI=1S/C25H29N3O6S/c29-24(28(19-6-2-1-3-7-19)20-10-15-35(31,32)18-20)16-26-11-13-27(14-12-26)25(30)23-17-33-21-8-4-5-9-22(21)34-23/h1-9,20,23H,10-18H2. The molecule has 0 N–H and O–H groups in total. The van der Waals surface area contributed by atoms with Gasteiger partial charge in [-0.05, 0) is 30.7 Å². The van der Waals surface area contributed by atoms with Crippen molar-refractivity contribution in [2.24, 2.45) is 0 Å². The third-order valence-electron chi connectivity index (χ3n) is 6.70. The zero-order valence-electron chi connectivity index (χ0n) is 19.4. The van der Waals surface area contributed by atoms with Gasteiger partial charge in [0.15, 0.2) is 21.3 Å². The van der Waals surface area contributed by atoms with Crippen molar-refractivity contribution >= 4 is 27.3 Å². The zero-order chi connectivity index (χ0) is 24.4. The number of para-hydroxylation sites is 3. The van der Waals surface area contributed by atoms with Crippen LogP contribution in [-0.2, 0) is 19.4 Å². The lowest BCUT2D eigenvalue weighted by molar-refractivity contribution is -0.143. The molecule has 0 saturated carbocycles. The van der Waals surface area contributed by atoms with Crippen LogP contribution in [0.3, 0.4) is 0 Å². The van der Waals surface area contributed by atoms with Crippen molar-refractivity contribution in [2.75, 3.05) is 55.7 Å². The quantitative estimate of drug-likeness (QED) is 0.610. The van der Waals surface area contributed by atoms with Crippen molar-refractivity contribution in [3.63, 3.8) is 0 Å². The Balaban J connectivity index is 1.18. The maximum Gasteiger partial charge on any atom is 0.267 e. The molecule has 2 fully saturated rings. The van der Waals surface area contributed by atoms with Crippen LogP contribution in [0.1, 0.15) is 6.42 Å². The van der Waals surface area contributed by atoms with Gasteiger partial charge >= 0.3 is 0 Å². The first-order valence-electron chi connectivity index (χ1n) is 11.9. The molecule has 2 unspecified atom stereocenters. The van der Waals surface area contributed by atoms with E-state index in [1.165, 1.54) is 0 Å². The summed E-state index contributed by atoms with van der Waals surface area (Å²) in [6, 6.07) is 16.2. The number of hydrogen-bond acceptors (Lipinski definition) is 7. The van der Waals surface area contributed by atoms with E-state index >= 15 is 0 Å². The first-order valence-corrected chi connectivity index (χ1v) is 13.7. The number of amides is 2. The van der Waals surface area contributed by atoms with Gasteiger partial charge in [-0.1, -0.05) is 30.3 Å². The average Bonchev–Trinajstić information content (AvgIpc) is 3.23. The first kappa shape index (κ1) is 23.6. The molecular formula is C25H29N3O6S. The Hall–Kier alpha value is -3.11. The molecule has 186 valence electrons. The van der Waals surface area contributed by atoms with Gasteiger partial charge in [0.2, 0.25) is 12.0 Å². The number of anilines is 1. The van der Waals surface area contributed by atoms with Gasteiger partial charge in [-0.15, -0.1) is 0 Å². The molecule has 35 heavy (non-hydrogen) atoms. The van der Waals surface area contributed by atoms with E-state index in [0.29, 0.717) is 49.8 Å². The van der Waals surface area contributed by atoms with Crippen molar-refractivity contribution in [2.45, 2.75) is 18.6 Å². The highest BCUT2D eigenvalue weighted by atomic mass is 32.2. The van der Waals surface area contributed by atoms with Gasteiger partial charge in [0.05, 0.1) is 24.1 Å². The van der Waals surface area contributed by atoms with E-state index in [1.54, 1.807) is 15.9 Å². The van der Waals surface area contributed by atoms with E-state index in [-0.39, 0.29) is 42.5 Å². The number of ether oxygens (including phenoxy) is 2. The van der Waals surface area contributed by atoms with Gasteiger partial charge in [-0.2, -0.15) is 0 Å². The molecule has 3 heterocycles. The van der Waals surface area contributed by atoms with Crippen molar-refractivity contribution in [1.82, 2.24) is 9.80 Å². The van der Waals surface area contributed by atoms with Crippen LogP contribution in [0.25, 0.3) is 0 Å². The number of rotatable bonds is 5. The minimum absolute atomic E-state index is 0.0114. The van der Waals surface area contributed by atoms with Crippen LogP contribution in [-0.4, -0.2) is 93.0 Å². The highest BCUT2D eigenvalue weighted by Crippen LogP contribution is 2.31. The topological polar surface area (TPSA) is 96.5 Å². The summed E-state index contributed by atoms with van der Waals surface area (Å²) in [4.78, 5) is 31.8. The van der Waals surface area contributed by atoms with E-state index in [4.69, 9.17) is 9.47 Å². The fourth-order valence-electron chi connectivity index (χ4n) is 4.86. The van der Waals surface area contributed by atoms with Gasteiger partial charge in [0.1, 0.15) is 6.61 Å². The second kappa shape index (κ2) is 9.87. The summed E-state index contributed by atoms with van der Waals surface area (Å²) >= 11 is 0. The predicted octanol–water partition coefficient (Wildman–Crippen LogP) is 1.19. The van der Waals surface area contributed by atoms with Crippen LogP contribution in [0.4, 0.5) is 5.69 Å². The van der Waals surface area contributed by atoms with Gasteiger partial charge in [-0.3, -0.25) is 14.5 Å². The molecular weight excluding hydrogens is 470 g/mol. The van der Waals surface area contributed by atoms with Crippen LogP contribution >= 0.6 is 0 Å². The van der Waals surface area contributed by atoms with Crippen LogP contribution in [0.5, 0.6) is 11.5 Å². The molecule has 2 aromatic rings. The van der Waals surface area contributed by atoms with Gasteiger partial charge < -0.3 is 19.3 Å². The van der Waals surface area contributed by atoms with Crippen molar-refractivity contribution < 1.29 is 27.5 Å². The molecule has 3 aliphatic heterocycles. The smallest absolute Gasteiger partial charge is 0.267 e. The summed E-state index contributed by atoms with van der Waals surface area (Å²) in [5.41, 5.74) is 0.711. The number of sulfone groups is 1. The van der Waals surface area contributed by atoms with Crippen LogP contribution in [0.15, 0.2) is 54.6 Å².